The Labute approximate surface area is 150 Å². The Hall–Kier alpha value is -1.88. The summed E-state index contributed by atoms with van der Waals surface area (Å²) in [7, 11) is 0. The maximum atomic E-state index is 12.3. The minimum atomic E-state index is -0.0898. The molecule has 0 atom stereocenters. The van der Waals surface area contributed by atoms with Crippen LogP contribution in [-0.2, 0) is 16.0 Å². The first-order valence-electron chi connectivity index (χ1n) is 9.50. The molecule has 1 aromatic carbocycles. The fraction of sp³-hybridized carbons (Fsp3) is 0.600. The lowest BCUT2D eigenvalue weighted by atomic mass is 9.90. The Morgan fingerprint density at radius 1 is 0.960 bits per heavy atom. The first kappa shape index (κ1) is 17.9. The SMILES string of the molecule is O=C(CNCC1CC1)NCC(=O)N1CCC(Cc2ccccc2)CC1. The van der Waals surface area contributed by atoms with Gasteiger partial charge in [0.25, 0.3) is 0 Å². The van der Waals surface area contributed by atoms with Crippen molar-refractivity contribution in [2.24, 2.45) is 11.8 Å². The average Bonchev–Trinajstić information content (AvgIpc) is 3.45. The van der Waals surface area contributed by atoms with E-state index in [0.717, 1.165) is 44.8 Å². The van der Waals surface area contributed by atoms with E-state index in [1.165, 1.54) is 18.4 Å². The number of carbonyl (C=O) groups is 2. The predicted octanol–water partition coefficient (Wildman–Crippen LogP) is 1.58. The van der Waals surface area contributed by atoms with Crippen LogP contribution in [0.15, 0.2) is 30.3 Å². The molecular formula is C20H29N3O2. The number of rotatable bonds is 8. The number of piperidine rings is 1. The van der Waals surface area contributed by atoms with Crippen molar-refractivity contribution >= 4 is 11.8 Å². The Morgan fingerprint density at radius 2 is 1.68 bits per heavy atom. The summed E-state index contributed by atoms with van der Waals surface area (Å²) in [4.78, 5) is 25.9. The molecule has 0 unspecified atom stereocenters. The van der Waals surface area contributed by atoms with Crippen LogP contribution in [0.25, 0.3) is 0 Å². The van der Waals surface area contributed by atoms with Gasteiger partial charge in [-0.3, -0.25) is 9.59 Å². The van der Waals surface area contributed by atoms with Crippen LogP contribution >= 0.6 is 0 Å². The monoisotopic (exact) mass is 343 g/mol. The molecule has 1 aliphatic carbocycles. The van der Waals surface area contributed by atoms with Gasteiger partial charge in [0, 0.05) is 13.1 Å². The van der Waals surface area contributed by atoms with Crippen LogP contribution in [0.1, 0.15) is 31.2 Å². The molecule has 5 heteroatoms. The highest BCUT2D eigenvalue weighted by Crippen LogP contribution is 2.27. The van der Waals surface area contributed by atoms with Crippen LogP contribution in [0.3, 0.4) is 0 Å². The smallest absolute Gasteiger partial charge is 0.241 e. The summed E-state index contributed by atoms with van der Waals surface area (Å²) in [6.45, 7) is 2.94. The van der Waals surface area contributed by atoms with Gasteiger partial charge in [-0.15, -0.1) is 0 Å². The molecule has 2 amide bonds. The zero-order valence-corrected chi connectivity index (χ0v) is 14.9. The highest BCUT2D eigenvalue weighted by Gasteiger charge is 2.23. The van der Waals surface area contributed by atoms with Crippen molar-refractivity contribution < 1.29 is 9.59 Å². The van der Waals surface area contributed by atoms with Gasteiger partial charge in [-0.2, -0.15) is 0 Å². The topological polar surface area (TPSA) is 61.4 Å². The van der Waals surface area contributed by atoms with E-state index in [0.29, 0.717) is 12.5 Å². The van der Waals surface area contributed by atoms with Crippen molar-refractivity contribution in [2.45, 2.75) is 32.1 Å². The Balaban J connectivity index is 1.30. The molecule has 1 heterocycles. The molecule has 136 valence electrons. The molecule has 1 aromatic rings. The first-order valence-corrected chi connectivity index (χ1v) is 9.50. The molecule has 2 aliphatic rings. The van der Waals surface area contributed by atoms with E-state index in [1.54, 1.807) is 0 Å². The summed E-state index contributed by atoms with van der Waals surface area (Å²) in [6.07, 6.45) is 5.71. The molecule has 25 heavy (non-hydrogen) atoms. The minimum Gasteiger partial charge on any atom is -0.346 e. The molecule has 1 saturated carbocycles. The summed E-state index contributed by atoms with van der Waals surface area (Å²) < 4.78 is 0. The first-order chi connectivity index (χ1) is 12.2. The molecule has 5 nitrogen and oxygen atoms in total. The maximum Gasteiger partial charge on any atom is 0.241 e. The summed E-state index contributed by atoms with van der Waals surface area (Å²) in [6, 6.07) is 10.5. The highest BCUT2D eigenvalue weighted by molar-refractivity contribution is 5.85. The number of nitrogens with zero attached hydrogens (tertiary/aromatic N) is 1. The molecule has 0 aromatic heterocycles. The van der Waals surface area contributed by atoms with Gasteiger partial charge in [0.15, 0.2) is 0 Å². The van der Waals surface area contributed by atoms with Gasteiger partial charge in [0.1, 0.15) is 0 Å². The van der Waals surface area contributed by atoms with E-state index in [1.807, 2.05) is 11.0 Å². The number of hydrogen-bond donors (Lipinski definition) is 2. The lowest BCUT2D eigenvalue weighted by molar-refractivity contribution is -0.133. The van der Waals surface area contributed by atoms with E-state index in [-0.39, 0.29) is 18.4 Å². The lowest BCUT2D eigenvalue weighted by Crippen LogP contribution is -2.45. The molecule has 2 N–H and O–H groups in total. The normalized spacial score (nSPS) is 18.2. The lowest BCUT2D eigenvalue weighted by Gasteiger charge is -2.32. The third-order valence-electron chi connectivity index (χ3n) is 5.19. The quantitative estimate of drug-likeness (QED) is 0.753. The van der Waals surface area contributed by atoms with Gasteiger partial charge in [0.2, 0.25) is 11.8 Å². The second-order valence-electron chi connectivity index (χ2n) is 7.36. The molecule has 1 aliphatic heterocycles. The van der Waals surface area contributed by atoms with Crippen molar-refractivity contribution in [3.8, 4) is 0 Å². The number of nitrogens with one attached hydrogen (secondary N) is 2. The van der Waals surface area contributed by atoms with Gasteiger partial charge >= 0.3 is 0 Å². The van der Waals surface area contributed by atoms with Gasteiger partial charge in [-0.25, -0.2) is 0 Å². The Kier molecular flexibility index (Phi) is 6.45. The van der Waals surface area contributed by atoms with Crippen LogP contribution in [0.5, 0.6) is 0 Å². The zero-order valence-electron chi connectivity index (χ0n) is 14.9. The average molecular weight is 343 g/mol. The van der Waals surface area contributed by atoms with Crippen molar-refractivity contribution in [1.29, 1.82) is 0 Å². The number of benzene rings is 1. The summed E-state index contributed by atoms with van der Waals surface area (Å²) in [5.74, 6) is 1.35. The summed E-state index contributed by atoms with van der Waals surface area (Å²) in [5.41, 5.74) is 1.37. The van der Waals surface area contributed by atoms with Crippen molar-refractivity contribution in [1.82, 2.24) is 15.5 Å². The molecule has 0 bridgehead atoms. The number of hydrogen-bond acceptors (Lipinski definition) is 3. The van der Waals surface area contributed by atoms with Crippen LogP contribution in [0.4, 0.5) is 0 Å². The Bertz CT molecular complexity index is 564. The predicted molar refractivity (Wildman–Crippen MR) is 98.1 cm³/mol. The largest absolute Gasteiger partial charge is 0.346 e. The van der Waals surface area contributed by atoms with Crippen LogP contribution in [0, 0.1) is 11.8 Å². The third kappa shape index (κ3) is 6.16. The van der Waals surface area contributed by atoms with E-state index < -0.39 is 0 Å². The van der Waals surface area contributed by atoms with Gasteiger partial charge in [-0.1, -0.05) is 30.3 Å². The molecule has 0 spiro atoms. The van der Waals surface area contributed by atoms with E-state index >= 15 is 0 Å². The van der Waals surface area contributed by atoms with Gasteiger partial charge in [0.05, 0.1) is 13.1 Å². The Morgan fingerprint density at radius 3 is 2.36 bits per heavy atom. The highest BCUT2D eigenvalue weighted by atomic mass is 16.2. The van der Waals surface area contributed by atoms with Crippen molar-refractivity contribution in [3.05, 3.63) is 35.9 Å². The zero-order chi connectivity index (χ0) is 17.5. The van der Waals surface area contributed by atoms with Gasteiger partial charge in [-0.05, 0) is 56.0 Å². The van der Waals surface area contributed by atoms with Crippen LogP contribution in [0.2, 0.25) is 0 Å². The maximum absolute atomic E-state index is 12.3. The third-order valence-corrected chi connectivity index (χ3v) is 5.19. The van der Waals surface area contributed by atoms with Crippen molar-refractivity contribution in [3.63, 3.8) is 0 Å². The molecular weight excluding hydrogens is 314 g/mol. The van der Waals surface area contributed by atoms with Crippen molar-refractivity contribution in [2.75, 3.05) is 32.7 Å². The number of carbonyl (C=O) groups excluding carboxylic acids is 2. The fourth-order valence-corrected chi connectivity index (χ4v) is 3.39. The summed E-state index contributed by atoms with van der Waals surface area (Å²) in [5, 5.41) is 5.87. The van der Waals surface area contributed by atoms with E-state index in [4.69, 9.17) is 0 Å². The molecule has 3 rings (SSSR count). The number of likely N-dealkylation sites (tertiary alicyclic amines) is 1. The second-order valence-corrected chi connectivity index (χ2v) is 7.36. The minimum absolute atomic E-state index is 0.0358. The number of amides is 2. The molecule has 1 saturated heterocycles. The summed E-state index contributed by atoms with van der Waals surface area (Å²) >= 11 is 0. The molecule has 0 radical (unpaired) electrons. The van der Waals surface area contributed by atoms with E-state index in [9.17, 15) is 9.59 Å². The fourth-order valence-electron chi connectivity index (χ4n) is 3.39. The van der Waals surface area contributed by atoms with E-state index in [2.05, 4.69) is 34.9 Å². The van der Waals surface area contributed by atoms with Crippen LogP contribution in [-0.4, -0.2) is 49.4 Å². The van der Waals surface area contributed by atoms with Crippen LogP contribution < -0.4 is 10.6 Å². The van der Waals surface area contributed by atoms with Gasteiger partial charge < -0.3 is 15.5 Å². The standard InChI is InChI=1S/C20H29N3O2/c24-19(14-21-13-18-6-7-18)22-15-20(25)23-10-8-17(9-11-23)12-16-4-2-1-3-5-16/h1-5,17-18,21H,6-15H2,(H,22,24). The molecule has 2 fully saturated rings. The second kappa shape index (κ2) is 8.99.